The predicted molar refractivity (Wildman–Crippen MR) is 95.0 cm³/mol. The van der Waals surface area contributed by atoms with Gasteiger partial charge in [0.15, 0.2) is 0 Å². The van der Waals surface area contributed by atoms with E-state index in [1.807, 2.05) is 18.3 Å². The van der Waals surface area contributed by atoms with E-state index in [1.54, 1.807) is 0 Å². The minimum atomic E-state index is 0.832. The Morgan fingerprint density at radius 1 is 0.909 bits per heavy atom. The first-order valence-electron chi connectivity index (χ1n) is 9.11. The summed E-state index contributed by atoms with van der Waals surface area (Å²) < 4.78 is 5.66. The van der Waals surface area contributed by atoms with Gasteiger partial charge in [-0.15, -0.1) is 0 Å². The molecule has 0 aliphatic rings. The van der Waals surface area contributed by atoms with Crippen LogP contribution in [0.2, 0.25) is 0 Å². The highest BCUT2D eigenvalue weighted by atomic mass is 16.5. The third-order valence-electron chi connectivity index (χ3n) is 4.02. The van der Waals surface area contributed by atoms with E-state index in [9.17, 15) is 0 Å². The van der Waals surface area contributed by atoms with Crippen molar-refractivity contribution >= 4 is 5.69 Å². The number of rotatable bonds is 14. The Hall–Kier alpha value is -1.09. The van der Waals surface area contributed by atoms with Crippen molar-refractivity contribution in [3.63, 3.8) is 0 Å². The molecule has 0 aromatic carbocycles. The van der Waals surface area contributed by atoms with Crippen LogP contribution in [0.3, 0.4) is 0 Å². The Balaban J connectivity index is 1.81. The molecule has 126 valence electrons. The summed E-state index contributed by atoms with van der Waals surface area (Å²) in [6.45, 7) is 4.13. The second-order valence-corrected chi connectivity index (χ2v) is 6.08. The summed E-state index contributed by atoms with van der Waals surface area (Å²) >= 11 is 0. The fourth-order valence-corrected chi connectivity index (χ4v) is 2.60. The molecule has 0 radical (unpaired) electrons. The molecule has 1 heterocycles. The standard InChI is InChI=1S/C19H34N2O/c1-2-3-4-10-16-22-17-11-8-6-5-7-9-14-19-18(20)13-12-15-21-19/h12-13,15H,2-11,14,16-17,20H2,1H3. The predicted octanol–water partition coefficient (Wildman–Crippen LogP) is 5.14. The lowest BCUT2D eigenvalue weighted by Crippen LogP contribution is -1.98. The van der Waals surface area contributed by atoms with E-state index in [0.29, 0.717) is 0 Å². The van der Waals surface area contributed by atoms with Gasteiger partial charge in [0.25, 0.3) is 0 Å². The summed E-state index contributed by atoms with van der Waals surface area (Å²) in [7, 11) is 0. The van der Waals surface area contributed by atoms with Gasteiger partial charge < -0.3 is 10.5 Å². The summed E-state index contributed by atoms with van der Waals surface area (Å²) in [6, 6.07) is 3.83. The molecule has 1 aromatic rings. The Morgan fingerprint density at radius 3 is 2.23 bits per heavy atom. The third kappa shape index (κ3) is 9.78. The Morgan fingerprint density at radius 2 is 1.55 bits per heavy atom. The van der Waals surface area contributed by atoms with Crippen molar-refractivity contribution in [3.05, 3.63) is 24.0 Å². The SMILES string of the molecule is CCCCCCOCCCCCCCCc1ncccc1N. The average Bonchev–Trinajstić information content (AvgIpc) is 2.53. The van der Waals surface area contributed by atoms with Crippen LogP contribution in [-0.4, -0.2) is 18.2 Å². The molecule has 0 aliphatic carbocycles. The lowest BCUT2D eigenvalue weighted by molar-refractivity contribution is 0.125. The minimum absolute atomic E-state index is 0.832. The zero-order valence-corrected chi connectivity index (χ0v) is 14.4. The van der Waals surface area contributed by atoms with Gasteiger partial charge >= 0.3 is 0 Å². The van der Waals surface area contributed by atoms with E-state index in [1.165, 1.54) is 64.2 Å². The molecule has 1 rings (SSSR count). The highest BCUT2D eigenvalue weighted by Crippen LogP contribution is 2.13. The summed E-state index contributed by atoms with van der Waals surface area (Å²) in [5.74, 6) is 0. The van der Waals surface area contributed by atoms with Crippen LogP contribution in [0.5, 0.6) is 0 Å². The van der Waals surface area contributed by atoms with Gasteiger partial charge in [-0.05, 0) is 37.8 Å². The van der Waals surface area contributed by atoms with Crippen LogP contribution >= 0.6 is 0 Å². The number of nitrogen functional groups attached to an aromatic ring is 1. The maximum atomic E-state index is 5.89. The van der Waals surface area contributed by atoms with Gasteiger partial charge in [-0.2, -0.15) is 0 Å². The number of hydrogen-bond acceptors (Lipinski definition) is 3. The largest absolute Gasteiger partial charge is 0.397 e. The Bertz CT molecular complexity index is 368. The molecule has 2 N–H and O–H groups in total. The van der Waals surface area contributed by atoms with Gasteiger partial charge in [0.2, 0.25) is 0 Å². The molecule has 0 saturated carbocycles. The lowest BCUT2D eigenvalue weighted by Gasteiger charge is -2.05. The van der Waals surface area contributed by atoms with E-state index < -0.39 is 0 Å². The molecule has 22 heavy (non-hydrogen) atoms. The smallest absolute Gasteiger partial charge is 0.0632 e. The molecule has 0 fully saturated rings. The topological polar surface area (TPSA) is 48.1 Å². The van der Waals surface area contributed by atoms with Crippen LogP contribution < -0.4 is 5.73 Å². The van der Waals surface area contributed by atoms with E-state index in [-0.39, 0.29) is 0 Å². The molecular formula is C19H34N2O. The molecule has 0 aliphatic heterocycles. The van der Waals surface area contributed by atoms with Crippen LogP contribution in [0, 0.1) is 0 Å². The minimum Gasteiger partial charge on any atom is -0.397 e. The quantitative estimate of drug-likeness (QED) is 0.484. The number of ether oxygens (including phenoxy) is 1. The zero-order chi connectivity index (χ0) is 15.9. The normalized spacial score (nSPS) is 11.0. The van der Waals surface area contributed by atoms with Gasteiger partial charge in [-0.25, -0.2) is 0 Å². The third-order valence-corrected chi connectivity index (χ3v) is 4.02. The highest BCUT2D eigenvalue weighted by molar-refractivity contribution is 5.41. The average molecular weight is 306 g/mol. The first-order chi connectivity index (χ1) is 10.8. The molecule has 0 saturated heterocycles. The number of nitrogens with zero attached hydrogens (tertiary/aromatic N) is 1. The number of hydrogen-bond donors (Lipinski definition) is 1. The van der Waals surface area contributed by atoms with E-state index in [4.69, 9.17) is 10.5 Å². The first-order valence-corrected chi connectivity index (χ1v) is 9.11. The molecule has 1 aromatic heterocycles. The lowest BCUT2D eigenvalue weighted by atomic mass is 10.1. The molecule has 3 nitrogen and oxygen atoms in total. The van der Waals surface area contributed by atoms with Crippen molar-refractivity contribution in [3.8, 4) is 0 Å². The van der Waals surface area contributed by atoms with Gasteiger partial charge in [0, 0.05) is 19.4 Å². The van der Waals surface area contributed by atoms with E-state index in [2.05, 4.69) is 11.9 Å². The maximum absolute atomic E-state index is 5.89. The van der Waals surface area contributed by atoms with Crippen LogP contribution in [0.4, 0.5) is 5.69 Å². The second kappa shape index (κ2) is 13.6. The van der Waals surface area contributed by atoms with Crippen molar-refractivity contribution < 1.29 is 4.74 Å². The van der Waals surface area contributed by atoms with Crippen molar-refractivity contribution in [1.29, 1.82) is 0 Å². The summed E-state index contributed by atoms with van der Waals surface area (Å²) in [5.41, 5.74) is 7.78. The number of aryl methyl sites for hydroxylation is 1. The monoisotopic (exact) mass is 306 g/mol. The number of unbranched alkanes of at least 4 members (excludes halogenated alkanes) is 8. The molecule has 3 heteroatoms. The summed E-state index contributed by atoms with van der Waals surface area (Å²) in [5, 5.41) is 0. The van der Waals surface area contributed by atoms with Crippen LogP contribution in [0.15, 0.2) is 18.3 Å². The van der Waals surface area contributed by atoms with Crippen molar-refractivity contribution in [2.45, 2.75) is 77.6 Å². The van der Waals surface area contributed by atoms with Crippen LogP contribution in [0.1, 0.15) is 76.8 Å². The molecule has 0 atom stereocenters. The van der Waals surface area contributed by atoms with E-state index >= 15 is 0 Å². The van der Waals surface area contributed by atoms with Crippen molar-refractivity contribution in [1.82, 2.24) is 4.98 Å². The number of aromatic nitrogens is 1. The molecule has 0 spiro atoms. The van der Waals surface area contributed by atoms with E-state index in [0.717, 1.165) is 31.0 Å². The fourth-order valence-electron chi connectivity index (χ4n) is 2.60. The Labute approximate surface area is 136 Å². The molecule has 0 amide bonds. The zero-order valence-electron chi connectivity index (χ0n) is 14.4. The van der Waals surface area contributed by atoms with Gasteiger partial charge in [-0.3, -0.25) is 4.98 Å². The number of anilines is 1. The number of nitrogens with two attached hydrogens (primary N) is 1. The second-order valence-electron chi connectivity index (χ2n) is 6.08. The molecule has 0 unspecified atom stereocenters. The highest BCUT2D eigenvalue weighted by Gasteiger charge is 1.99. The van der Waals surface area contributed by atoms with Crippen LogP contribution in [-0.2, 0) is 11.2 Å². The van der Waals surface area contributed by atoms with Crippen molar-refractivity contribution in [2.75, 3.05) is 18.9 Å². The van der Waals surface area contributed by atoms with Crippen molar-refractivity contribution in [2.24, 2.45) is 0 Å². The number of pyridine rings is 1. The van der Waals surface area contributed by atoms with Gasteiger partial charge in [-0.1, -0.05) is 51.9 Å². The molecule has 0 bridgehead atoms. The molecular weight excluding hydrogens is 272 g/mol. The first kappa shape index (κ1) is 19.0. The Kier molecular flexibility index (Phi) is 11.7. The fraction of sp³-hybridized carbons (Fsp3) is 0.737. The van der Waals surface area contributed by atoms with Crippen LogP contribution in [0.25, 0.3) is 0 Å². The van der Waals surface area contributed by atoms with Gasteiger partial charge in [0.05, 0.1) is 11.4 Å². The maximum Gasteiger partial charge on any atom is 0.0632 e. The summed E-state index contributed by atoms with van der Waals surface area (Å²) in [4.78, 5) is 4.33. The van der Waals surface area contributed by atoms with Gasteiger partial charge in [0.1, 0.15) is 0 Å². The summed E-state index contributed by atoms with van der Waals surface area (Å²) in [6.07, 6.45) is 15.6.